The Hall–Kier alpha value is -4.06. The van der Waals surface area contributed by atoms with Gasteiger partial charge in [-0.15, -0.1) is 0 Å². The van der Waals surface area contributed by atoms with Crippen LogP contribution in [0.3, 0.4) is 0 Å². The van der Waals surface area contributed by atoms with Crippen LogP contribution in [0.25, 0.3) is 16.6 Å². The SMILES string of the molecule is CN1C(=O)c2cccc(OC(F)F)c2[C@H]2C[C@@H]1c1nn3ccc(-c4cnc(C(O)(CF)CF)nc4)cc3c12. The highest BCUT2D eigenvalue weighted by atomic mass is 19.3. The average Bonchev–Trinajstić information content (AvgIpc) is 3.45. The van der Waals surface area contributed by atoms with Crippen LogP contribution in [0.15, 0.2) is 48.9 Å². The first kappa shape index (κ1) is 24.3. The molecule has 38 heavy (non-hydrogen) atoms. The molecule has 0 saturated carbocycles. The van der Waals surface area contributed by atoms with Crippen LogP contribution in [0.1, 0.15) is 51.4 Å². The summed E-state index contributed by atoms with van der Waals surface area (Å²) in [6.45, 7) is -5.79. The van der Waals surface area contributed by atoms with Gasteiger partial charge in [0.2, 0.25) is 0 Å². The van der Waals surface area contributed by atoms with Crippen molar-refractivity contribution in [3.8, 4) is 16.9 Å². The number of halogens is 4. The van der Waals surface area contributed by atoms with E-state index in [1.165, 1.54) is 24.5 Å². The topological polar surface area (TPSA) is 92.9 Å². The van der Waals surface area contributed by atoms with Crippen molar-refractivity contribution in [2.45, 2.75) is 30.6 Å². The van der Waals surface area contributed by atoms with Crippen molar-refractivity contribution < 1.29 is 32.2 Å². The van der Waals surface area contributed by atoms with Crippen LogP contribution in [0, 0.1) is 0 Å². The second-order valence-electron chi connectivity index (χ2n) is 9.45. The summed E-state index contributed by atoms with van der Waals surface area (Å²) in [7, 11) is 1.67. The molecule has 12 heteroatoms. The van der Waals surface area contributed by atoms with E-state index < -0.39 is 31.5 Å². The van der Waals surface area contributed by atoms with Crippen molar-refractivity contribution in [2.75, 3.05) is 20.4 Å². The zero-order chi connectivity index (χ0) is 26.8. The maximum absolute atomic E-state index is 13.3. The fourth-order valence-corrected chi connectivity index (χ4v) is 5.41. The summed E-state index contributed by atoms with van der Waals surface area (Å²) >= 11 is 0. The third-order valence-electron chi connectivity index (χ3n) is 7.32. The first-order valence-electron chi connectivity index (χ1n) is 11.8. The van der Waals surface area contributed by atoms with Crippen LogP contribution in [-0.2, 0) is 5.60 Å². The lowest BCUT2D eigenvalue weighted by Crippen LogP contribution is -2.33. The molecule has 2 aliphatic rings. The van der Waals surface area contributed by atoms with Crippen molar-refractivity contribution in [1.29, 1.82) is 0 Å². The van der Waals surface area contributed by atoms with E-state index in [0.717, 1.165) is 5.56 Å². The van der Waals surface area contributed by atoms with Crippen LogP contribution < -0.4 is 4.74 Å². The van der Waals surface area contributed by atoms with E-state index in [2.05, 4.69) is 9.97 Å². The summed E-state index contributed by atoms with van der Waals surface area (Å²) in [6.07, 6.45) is 4.90. The monoisotopic (exact) mass is 527 g/mol. The molecule has 4 aromatic rings. The van der Waals surface area contributed by atoms with Crippen LogP contribution in [0.5, 0.6) is 5.75 Å². The molecule has 1 aliphatic heterocycles. The lowest BCUT2D eigenvalue weighted by Gasteiger charge is -2.23. The van der Waals surface area contributed by atoms with Gasteiger partial charge in [-0.25, -0.2) is 23.3 Å². The van der Waals surface area contributed by atoms with E-state index in [1.54, 1.807) is 34.8 Å². The van der Waals surface area contributed by atoms with Gasteiger partial charge in [0, 0.05) is 53.8 Å². The molecule has 1 amide bonds. The minimum atomic E-state index is -3.06. The van der Waals surface area contributed by atoms with Crippen molar-refractivity contribution >= 4 is 11.4 Å². The van der Waals surface area contributed by atoms with Gasteiger partial charge in [-0.3, -0.25) is 4.79 Å². The lowest BCUT2D eigenvalue weighted by atomic mass is 9.88. The van der Waals surface area contributed by atoms with Gasteiger partial charge in [0.1, 0.15) is 19.1 Å². The number of nitrogens with zero attached hydrogens (tertiary/aromatic N) is 5. The van der Waals surface area contributed by atoms with E-state index in [1.807, 2.05) is 6.07 Å². The van der Waals surface area contributed by atoms with Gasteiger partial charge in [-0.1, -0.05) is 6.07 Å². The molecule has 2 bridgehead atoms. The van der Waals surface area contributed by atoms with Crippen LogP contribution in [0.2, 0.25) is 0 Å². The number of hydrogen-bond acceptors (Lipinski definition) is 6. The number of carbonyl (C=O) groups is 1. The Morgan fingerprint density at radius 3 is 2.55 bits per heavy atom. The number of amides is 1. The third kappa shape index (κ3) is 3.54. The highest BCUT2D eigenvalue weighted by molar-refractivity contribution is 5.98. The van der Waals surface area contributed by atoms with Crippen molar-refractivity contribution in [3.63, 3.8) is 0 Å². The number of alkyl halides is 4. The molecule has 196 valence electrons. The number of ether oxygens (including phenoxy) is 1. The van der Waals surface area contributed by atoms with Crippen LogP contribution >= 0.6 is 0 Å². The number of pyridine rings is 1. The number of fused-ring (bicyclic) bond motifs is 9. The Morgan fingerprint density at radius 1 is 1.13 bits per heavy atom. The summed E-state index contributed by atoms with van der Waals surface area (Å²) in [6, 6.07) is 7.78. The summed E-state index contributed by atoms with van der Waals surface area (Å²) in [5.41, 5.74) is 1.65. The predicted molar refractivity (Wildman–Crippen MR) is 126 cm³/mol. The molecule has 1 aromatic carbocycles. The maximum atomic E-state index is 13.3. The fraction of sp³-hybridized carbons (Fsp3) is 0.308. The van der Waals surface area contributed by atoms with Gasteiger partial charge in [-0.2, -0.15) is 13.9 Å². The summed E-state index contributed by atoms with van der Waals surface area (Å²) in [4.78, 5) is 22.7. The molecule has 0 saturated heterocycles. The molecule has 8 nitrogen and oxygen atoms in total. The van der Waals surface area contributed by atoms with Crippen LogP contribution in [-0.4, -0.2) is 62.5 Å². The van der Waals surface area contributed by atoms with Gasteiger partial charge >= 0.3 is 6.61 Å². The van der Waals surface area contributed by atoms with Crippen LogP contribution in [0.4, 0.5) is 17.6 Å². The molecule has 6 rings (SSSR count). The first-order valence-corrected chi connectivity index (χ1v) is 11.8. The van der Waals surface area contributed by atoms with Gasteiger partial charge in [0.15, 0.2) is 11.4 Å². The smallest absolute Gasteiger partial charge is 0.387 e. The number of aromatic nitrogens is 4. The Labute approximate surface area is 213 Å². The average molecular weight is 527 g/mol. The maximum Gasteiger partial charge on any atom is 0.387 e. The van der Waals surface area contributed by atoms with Gasteiger partial charge in [-0.05, 0) is 36.2 Å². The number of hydrogen-bond donors (Lipinski definition) is 1. The standard InChI is InChI=1S/C26H21F4N5O3/c1-34-18-8-16(20-15(23(34)36)3-2-4-19(20)38-25(29)30)21-17-7-13(5-6-35(17)33-22(18)21)14-9-31-24(32-10-14)26(37,11-27)12-28/h2-7,9-10,16,18,25,37H,8,11-12H2,1H3/t16-,18-/m1/s1. The predicted octanol–water partition coefficient (Wildman–Crippen LogP) is 4.18. The number of carbonyl (C=O) groups excluding carboxylic acids is 1. The molecule has 0 fully saturated rings. The quantitative estimate of drug-likeness (QED) is 0.378. The Kier molecular flexibility index (Phi) is 5.60. The number of aliphatic hydroxyl groups is 1. The number of rotatable bonds is 6. The lowest BCUT2D eigenvalue weighted by molar-refractivity contribution is -0.0505. The van der Waals surface area contributed by atoms with Crippen molar-refractivity contribution in [3.05, 3.63) is 77.1 Å². The highest BCUT2D eigenvalue weighted by Crippen LogP contribution is 2.53. The summed E-state index contributed by atoms with van der Waals surface area (Å²) < 4.78 is 59.4. The second kappa shape index (κ2) is 8.76. The Bertz CT molecular complexity index is 1550. The number of benzene rings is 1. The third-order valence-corrected chi connectivity index (χ3v) is 7.32. The van der Waals surface area contributed by atoms with E-state index in [0.29, 0.717) is 39.9 Å². The molecular formula is C26H21F4N5O3. The van der Waals surface area contributed by atoms with Gasteiger partial charge in [0.25, 0.3) is 5.91 Å². The molecule has 2 atom stereocenters. The largest absolute Gasteiger partial charge is 0.434 e. The Balaban J connectivity index is 1.49. The summed E-state index contributed by atoms with van der Waals surface area (Å²) in [5.74, 6) is -1.14. The molecule has 0 unspecified atom stereocenters. The van der Waals surface area contributed by atoms with Gasteiger partial charge in [0.05, 0.1) is 17.3 Å². The van der Waals surface area contributed by atoms with E-state index in [4.69, 9.17) is 9.84 Å². The van der Waals surface area contributed by atoms with E-state index in [9.17, 15) is 27.5 Å². The second-order valence-corrected chi connectivity index (χ2v) is 9.45. The zero-order valence-electron chi connectivity index (χ0n) is 20.0. The fourth-order valence-electron chi connectivity index (χ4n) is 5.41. The molecule has 4 heterocycles. The van der Waals surface area contributed by atoms with Gasteiger partial charge < -0.3 is 14.7 Å². The van der Waals surface area contributed by atoms with E-state index >= 15 is 0 Å². The molecule has 1 N–H and O–H groups in total. The first-order chi connectivity index (χ1) is 18.3. The molecule has 0 radical (unpaired) electrons. The van der Waals surface area contributed by atoms with Crippen molar-refractivity contribution in [1.82, 2.24) is 24.5 Å². The normalized spacial score (nSPS) is 18.6. The minimum Gasteiger partial charge on any atom is -0.434 e. The Morgan fingerprint density at radius 2 is 1.87 bits per heavy atom. The minimum absolute atomic E-state index is 0.0505. The molecular weight excluding hydrogens is 506 g/mol. The molecule has 0 spiro atoms. The summed E-state index contributed by atoms with van der Waals surface area (Å²) in [5, 5.41) is 14.7. The molecule has 3 aromatic heterocycles. The van der Waals surface area contributed by atoms with Crippen molar-refractivity contribution in [2.24, 2.45) is 0 Å². The van der Waals surface area contributed by atoms with E-state index in [-0.39, 0.29) is 23.5 Å². The molecule has 1 aliphatic carbocycles. The zero-order valence-corrected chi connectivity index (χ0v) is 20.0. The highest BCUT2D eigenvalue weighted by Gasteiger charge is 2.46.